The molecule has 1 aliphatic rings. The summed E-state index contributed by atoms with van der Waals surface area (Å²) in [6.07, 6.45) is 4.22. The molecule has 0 fully saturated rings. The molecule has 4 rings (SSSR count). The van der Waals surface area contributed by atoms with Crippen molar-refractivity contribution >= 4 is 16.9 Å². The molecule has 0 spiro atoms. The third kappa shape index (κ3) is 2.59. The van der Waals surface area contributed by atoms with Gasteiger partial charge in [0.2, 0.25) is 0 Å². The Hall–Kier alpha value is -2.60. The number of aromatic amines is 1. The molecule has 0 radical (unpaired) electrons. The topological polar surface area (TPSA) is 80.2 Å². The Bertz CT molecular complexity index is 854. The number of hydrogen-bond acceptors (Lipinski definition) is 5. The Morgan fingerprint density at radius 3 is 3.08 bits per heavy atom. The molecule has 0 saturated heterocycles. The maximum atomic E-state index is 12.0. The Kier molecular flexibility index (Phi) is 3.82. The van der Waals surface area contributed by atoms with Crippen LogP contribution >= 0.6 is 0 Å². The number of nitrogens with one attached hydrogen (secondary N) is 2. The fourth-order valence-corrected chi connectivity index (χ4v) is 3.46. The van der Waals surface area contributed by atoms with Gasteiger partial charge < -0.3 is 14.1 Å². The van der Waals surface area contributed by atoms with Crippen molar-refractivity contribution in [3.05, 3.63) is 53.9 Å². The van der Waals surface area contributed by atoms with Crippen LogP contribution in [0, 0.1) is 0 Å². The Morgan fingerprint density at radius 2 is 2.29 bits per heavy atom. The van der Waals surface area contributed by atoms with Crippen LogP contribution in [0.1, 0.15) is 42.4 Å². The highest BCUT2D eigenvalue weighted by atomic mass is 16.5. The van der Waals surface area contributed by atoms with Crippen molar-refractivity contribution in [2.75, 3.05) is 6.61 Å². The summed E-state index contributed by atoms with van der Waals surface area (Å²) in [5, 5.41) is 4.68. The molecule has 0 amide bonds. The molecule has 2 atom stereocenters. The first-order valence-electron chi connectivity index (χ1n) is 8.15. The number of hydrogen-bond donors (Lipinski definition) is 2. The average molecular weight is 325 g/mol. The minimum atomic E-state index is -0.210. The van der Waals surface area contributed by atoms with E-state index in [0.29, 0.717) is 6.61 Å². The molecule has 2 aromatic heterocycles. The highest BCUT2D eigenvalue weighted by Gasteiger charge is 2.33. The number of carbonyl (C=O) groups is 1. The second kappa shape index (κ2) is 6.13. The number of H-pyrrole nitrogens is 1. The van der Waals surface area contributed by atoms with Crippen LogP contribution in [0.4, 0.5) is 0 Å². The summed E-state index contributed by atoms with van der Waals surface area (Å²) in [6.45, 7) is 2.20. The monoisotopic (exact) mass is 325 g/mol. The first kappa shape index (κ1) is 15.0. The lowest BCUT2D eigenvalue weighted by molar-refractivity contribution is -0.143. The van der Waals surface area contributed by atoms with Gasteiger partial charge in [0.15, 0.2) is 6.39 Å². The molecule has 2 N–H and O–H groups in total. The van der Waals surface area contributed by atoms with Crippen molar-refractivity contribution in [3.63, 3.8) is 0 Å². The quantitative estimate of drug-likeness (QED) is 0.721. The van der Waals surface area contributed by atoms with E-state index < -0.39 is 0 Å². The van der Waals surface area contributed by atoms with Crippen LogP contribution in [0.25, 0.3) is 10.9 Å². The molecule has 3 aromatic rings. The zero-order valence-electron chi connectivity index (χ0n) is 13.4. The van der Waals surface area contributed by atoms with Crippen molar-refractivity contribution < 1.29 is 13.9 Å². The number of ether oxygens (including phenoxy) is 1. The largest absolute Gasteiger partial charge is 0.466 e. The second-order valence-electron chi connectivity index (χ2n) is 5.95. The first-order chi connectivity index (χ1) is 11.8. The highest BCUT2D eigenvalue weighted by molar-refractivity contribution is 5.85. The fraction of sp³-hybridized carbons (Fsp3) is 0.333. The maximum Gasteiger partial charge on any atom is 0.307 e. The molecular weight excluding hydrogens is 306 g/mol. The van der Waals surface area contributed by atoms with Crippen LogP contribution in [0.3, 0.4) is 0 Å². The maximum absolute atomic E-state index is 12.0. The van der Waals surface area contributed by atoms with Gasteiger partial charge in [0.05, 0.1) is 31.3 Å². The van der Waals surface area contributed by atoms with Gasteiger partial charge in [-0.15, -0.1) is 0 Å². The van der Waals surface area contributed by atoms with Gasteiger partial charge in [0, 0.05) is 16.6 Å². The molecule has 3 heterocycles. The molecule has 0 unspecified atom stereocenters. The van der Waals surface area contributed by atoms with Gasteiger partial charge in [-0.2, -0.15) is 0 Å². The molecule has 124 valence electrons. The van der Waals surface area contributed by atoms with Crippen LogP contribution in [0.2, 0.25) is 0 Å². The minimum Gasteiger partial charge on any atom is -0.466 e. The van der Waals surface area contributed by atoms with Crippen molar-refractivity contribution in [2.45, 2.75) is 31.8 Å². The van der Waals surface area contributed by atoms with Crippen LogP contribution in [-0.4, -0.2) is 22.5 Å². The van der Waals surface area contributed by atoms with E-state index in [-0.39, 0.29) is 24.5 Å². The summed E-state index contributed by atoms with van der Waals surface area (Å²) < 4.78 is 10.6. The lowest BCUT2D eigenvalue weighted by Crippen LogP contribution is -2.34. The van der Waals surface area contributed by atoms with Gasteiger partial charge in [-0.25, -0.2) is 4.98 Å². The van der Waals surface area contributed by atoms with Gasteiger partial charge in [0.1, 0.15) is 5.76 Å². The van der Waals surface area contributed by atoms with Crippen LogP contribution < -0.4 is 5.32 Å². The lowest BCUT2D eigenvalue weighted by atomic mass is 9.91. The Morgan fingerprint density at radius 1 is 1.42 bits per heavy atom. The molecule has 0 bridgehead atoms. The zero-order chi connectivity index (χ0) is 16.5. The number of aromatic nitrogens is 2. The number of oxazole rings is 1. The normalized spacial score (nSPS) is 20.0. The summed E-state index contributed by atoms with van der Waals surface area (Å²) in [7, 11) is 0. The number of nitrogens with zero attached hydrogens (tertiary/aromatic N) is 1. The van der Waals surface area contributed by atoms with Gasteiger partial charge in [-0.1, -0.05) is 18.2 Å². The van der Waals surface area contributed by atoms with Crippen LogP contribution in [-0.2, 0) is 16.0 Å². The molecule has 24 heavy (non-hydrogen) atoms. The number of carbonyl (C=O) groups excluding carboxylic acids is 1. The van der Waals surface area contributed by atoms with Gasteiger partial charge in [-0.05, 0) is 25.0 Å². The summed E-state index contributed by atoms with van der Waals surface area (Å²) in [6, 6.07) is 8.04. The average Bonchev–Trinajstić information content (AvgIpc) is 3.23. The van der Waals surface area contributed by atoms with E-state index in [1.165, 1.54) is 17.3 Å². The standard InChI is InChI=1S/C18H19N3O3/c1-2-23-17(22)8-15-18-12(11-5-3-4-6-13(11)21-18)7-14(20-15)16-9-19-10-24-16/h3-6,9-10,14-15,20-21H,2,7-8H2,1H3/t14-,15+/m0/s1. The molecule has 6 heteroatoms. The SMILES string of the molecule is CCOC(=O)C[C@H]1N[C@H](c2cnco2)Cc2c1[nH]c1ccccc21. The molecule has 6 nitrogen and oxygen atoms in total. The second-order valence-corrected chi connectivity index (χ2v) is 5.95. The number of esters is 1. The van der Waals surface area contributed by atoms with Crippen molar-refractivity contribution in [1.82, 2.24) is 15.3 Å². The summed E-state index contributed by atoms with van der Waals surface area (Å²) in [5.41, 5.74) is 3.36. The zero-order valence-corrected chi connectivity index (χ0v) is 13.4. The van der Waals surface area contributed by atoms with E-state index in [1.54, 1.807) is 6.20 Å². The summed E-state index contributed by atoms with van der Waals surface area (Å²) in [5.74, 6) is 0.567. The molecule has 1 aliphatic heterocycles. The van der Waals surface area contributed by atoms with Gasteiger partial charge >= 0.3 is 5.97 Å². The van der Waals surface area contributed by atoms with E-state index in [0.717, 1.165) is 23.4 Å². The van der Waals surface area contributed by atoms with E-state index >= 15 is 0 Å². The Labute approximate surface area is 139 Å². The summed E-state index contributed by atoms with van der Waals surface area (Å²) in [4.78, 5) is 19.5. The number of para-hydroxylation sites is 1. The fourth-order valence-electron chi connectivity index (χ4n) is 3.46. The smallest absolute Gasteiger partial charge is 0.307 e. The first-order valence-corrected chi connectivity index (χ1v) is 8.15. The van der Waals surface area contributed by atoms with Crippen molar-refractivity contribution in [2.24, 2.45) is 0 Å². The predicted molar refractivity (Wildman–Crippen MR) is 88.4 cm³/mol. The highest BCUT2D eigenvalue weighted by Crippen LogP contribution is 2.37. The molecule has 0 aliphatic carbocycles. The van der Waals surface area contributed by atoms with E-state index in [2.05, 4.69) is 27.4 Å². The van der Waals surface area contributed by atoms with Crippen LogP contribution in [0.15, 0.2) is 41.3 Å². The number of fused-ring (bicyclic) bond motifs is 3. The lowest BCUT2D eigenvalue weighted by Gasteiger charge is -2.29. The number of benzene rings is 1. The van der Waals surface area contributed by atoms with Crippen molar-refractivity contribution in [1.29, 1.82) is 0 Å². The van der Waals surface area contributed by atoms with Gasteiger partial charge in [-0.3, -0.25) is 10.1 Å². The minimum absolute atomic E-state index is 0.0152. The molecule has 0 saturated carbocycles. The van der Waals surface area contributed by atoms with E-state index in [1.807, 2.05) is 19.1 Å². The molecular formula is C18H19N3O3. The predicted octanol–water partition coefficient (Wildman–Crippen LogP) is 3.04. The van der Waals surface area contributed by atoms with Gasteiger partial charge in [0.25, 0.3) is 0 Å². The third-order valence-corrected chi connectivity index (χ3v) is 4.48. The van der Waals surface area contributed by atoms with E-state index in [9.17, 15) is 4.79 Å². The summed E-state index contributed by atoms with van der Waals surface area (Å²) >= 11 is 0. The Balaban J connectivity index is 1.74. The third-order valence-electron chi connectivity index (χ3n) is 4.48. The van der Waals surface area contributed by atoms with Crippen molar-refractivity contribution in [3.8, 4) is 0 Å². The van der Waals surface area contributed by atoms with E-state index in [4.69, 9.17) is 9.15 Å². The number of rotatable bonds is 4. The molecule has 1 aromatic carbocycles. The van der Waals surface area contributed by atoms with Crippen LogP contribution in [0.5, 0.6) is 0 Å².